The SMILES string of the molecule is O=C(O)c1ccc(C#CC=Cc2ccccc2-c2cccs2)cc1. The Morgan fingerprint density at radius 1 is 1.00 bits per heavy atom. The van der Waals surface area contributed by atoms with Gasteiger partial charge in [0.2, 0.25) is 0 Å². The number of hydrogen-bond acceptors (Lipinski definition) is 2. The molecule has 0 atom stereocenters. The fraction of sp³-hybridized carbons (Fsp3) is 0. The van der Waals surface area contributed by atoms with E-state index in [-0.39, 0.29) is 5.56 Å². The van der Waals surface area contributed by atoms with Gasteiger partial charge in [-0.3, -0.25) is 0 Å². The lowest BCUT2D eigenvalue weighted by atomic mass is 10.1. The zero-order valence-corrected chi connectivity index (χ0v) is 13.6. The molecule has 3 aromatic rings. The maximum absolute atomic E-state index is 10.8. The number of aromatic carboxylic acids is 1. The van der Waals surface area contributed by atoms with Crippen molar-refractivity contribution in [3.05, 3.63) is 88.8 Å². The normalized spacial score (nSPS) is 10.3. The van der Waals surface area contributed by atoms with E-state index in [1.165, 1.54) is 10.4 Å². The highest BCUT2D eigenvalue weighted by atomic mass is 32.1. The molecular formula is C21H14O2S. The van der Waals surface area contributed by atoms with Crippen LogP contribution in [-0.4, -0.2) is 11.1 Å². The maximum Gasteiger partial charge on any atom is 0.335 e. The molecule has 0 amide bonds. The lowest BCUT2D eigenvalue weighted by molar-refractivity contribution is 0.0697. The van der Waals surface area contributed by atoms with Gasteiger partial charge in [0.05, 0.1) is 5.56 Å². The van der Waals surface area contributed by atoms with Crippen molar-refractivity contribution in [2.75, 3.05) is 0 Å². The van der Waals surface area contributed by atoms with Gasteiger partial charge in [0.1, 0.15) is 0 Å². The largest absolute Gasteiger partial charge is 0.478 e. The van der Waals surface area contributed by atoms with Gasteiger partial charge in [-0.2, -0.15) is 0 Å². The zero-order chi connectivity index (χ0) is 16.8. The summed E-state index contributed by atoms with van der Waals surface area (Å²) in [6, 6.07) is 18.9. The molecule has 0 radical (unpaired) electrons. The third-order valence-corrected chi connectivity index (χ3v) is 4.35. The van der Waals surface area contributed by atoms with Gasteiger partial charge in [0.25, 0.3) is 0 Å². The average Bonchev–Trinajstić information content (AvgIpc) is 3.14. The molecule has 1 N–H and O–H groups in total. The molecule has 24 heavy (non-hydrogen) atoms. The van der Waals surface area contributed by atoms with Gasteiger partial charge in [-0.1, -0.05) is 42.2 Å². The van der Waals surface area contributed by atoms with E-state index >= 15 is 0 Å². The molecule has 2 nitrogen and oxygen atoms in total. The Kier molecular flexibility index (Phi) is 4.90. The van der Waals surface area contributed by atoms with Crippen molar-refractivity contribution in [1.29, 1.82) is 0 Å². The van der Waals surface area contributed by atoms with Crippen LogP contribution in [0.3, 0.4) is 0 Å². The molecule has 0 spiro atoms. The minimum Gasteiger partial charge on any atom is -0.478 e. The second kappa shape index (κ2) is 7.45. The summed E-state index contributed by atoms with van der Waals surface area (Å²) in [4.78, 5) is 12.0. The van der Waals surface area contributed by atoms with Crippen LogP contribution < -0.4 is 0 Å². The lowest BCUT2D eigenvalue weighted by Crippen LogP contribution is -1.94. The number of rotatable bonds is 3. The molecule has 3 rings (SSSR count). The molecule has 0 saturated heterocycles. The van der Waals surface area contributed by atoms with E-state index in [4.69, 9.17) is 5.11 Å². The van der Waals surface area contributed by atoms with Crippen LogP contribution in [0.2, 0.25) is 0 Å². The first kappa shape index (κ1) is 15.8. The van der Waals surface area contributed by atoms with Crippen LogP contribution in [0.15, 0.2) is 72.1 Å². The number of carboxylic acid groups (broad SMARTS) is 1. The number of benzene rings is 2. The highest BCUT2D eigenvalue weighted by Crippen LogP contribution is 2.28. The van der Waals surface area contributed by atoms with Crippen molar-refractivity contribution in [2.24, 2.45) is 0 Å². The molecule has 0 unspecified atom stereocenters. The molecule has 3 heteroatoms. The van der Waals surface area contributed by atoms with E-state index < -0.39 is 5.97 Å². The second-order valence-electron chi connectivity index (χ2n) is 5.05. The fourth-order valence-corrected chi connectivity index (χ4v) is 3.02. The van der Waals surface area contributed by atoms with Gasteiger partial charge >= 0.3 is 5.97 Å². The Morgan fingerprint density at radius 3 is 2.50 bits per heavy atom. The third kappa shape index (κ3) is 3.81. The van der Waals surface area contributed by atoms with Gasteiger partial charge in [0, 0.05) is 10.4 Å². The summed E-state index contributed by atoms with van der Waals surface area (Å²) in [6.45, 7) is 0. The maximum atomic E-state index is 10.8. The topological polar surface area (TPSA) is 37.3 Å². The van der Waals surface area contributed by atoms with Crippen LogP contribution in [-0.2, 0) is 0 Å². The summed E-state index contributed by atoms with van der Waals surface area (Å²) in [6.07, 6.45) is 3.81. The molecule has 116 valence electrons. The number of carboxylic acids is 1. The van der Waals surface area contributed by atoms with Crippen LogP contribution in [0.25, 0.3) is 16.5 Å². The van der Waals surface area contributed by atoms with Gasteiger partial charge < -0.3 is 5.11 Å². The molecule has 2 aromatic carbocycles. The van der Waals surface area contributed by atoms with Crippen molar-refractivity contribution in [3.63, 3.8) is 0 Å². The van der Waals surface area contributed by atoms with Crippen LogP contribution in [0.1, 0.15) is 21.5 Å². The van der Waals surface area contributed by atoms with Gasteiger partial charge in [-0.15, -0.1) is 11.3 Å². The van der Waals surface area contributed by atoms with Crippen molar-refractivity contribution in [1.82, 2.24) is 0 Å². The van der Waals surface area contributed by atoms with Crippen LogP contribution in [0, 0.1) is 11.8 Å². The summed E-state index contributed by atoms with van der Waals surface area (Å²) in [7, 11) is 0. The zero-order valence-electron chi connectivity index (χ0n) is 12.8. The summed E-state index contributed by atoms with van der Waals surface area (Å²) in [5, 5.41) is 10.9. The first-order valence-electron chi connectivity index (χ1n) is 7.38. The quantitative estimate of drug-likeness (QED) is 0.672. The smallest absolute Gasteiger partial charge is 0.335 e. The van der Waals surface area contributed by atoms with Crippen molar-refractivity contribution in [2.45, 2.75) is 0 Å². The third-order valence-electron chi connectivity index (χ3n) is 3.44. The number of allylic oxidation sites excluding steroid dienone is 1. The van der Waals surface area contributed by atoms with Crippen molar-refractivity contribution >= 4 is 23.4 Å². The summed E-state index contributed by atoms with van der Waals surface area (Å²) < 4.78 is 0. The Morgan fingerprint density at radius 2 is 1.79 bits per heavy atom. The molecule has 0 aliphatic carbocycles. The molecule has 0 bridgehead atoms. The highest BCUT2D eigenvalue weighted by Gasteiger charge is 2.02. The van der Waals surface area contributed by atoms with E-state index in [0.717, 1.165) is 11.1 Å². The van der Waals surface area contributed by atoms with Gasteiger partial charge in [0.15, 0.2) is 0 Å². The van der Waals surface area contributed by atoms with Crippen molar-refractivity contribution in [3.8, 4) is 22.3 Å². The van der Waals surface area contributed by atoms with Gasteiger partial charge in [-0.25, -0.2) is 4.79 Å². The summed E-state index contributed by atoms with van der Waals surface area (Å²) in [5.74, 6) is 5.07. The monoisotopic (exact) mass is 330 g/mol. The predicted octanol–water partition coefficient (Wildman–Crippen LogP) is 5.18. The molecule has 1 heterocycles. The van der Waals surface area contributed by atoms with Crippen molar-refractivity contribution < 1.29 is 9.90 Å². The molecule has 0 fully saturated rings. The van der Waals surface area contributed by atoms with E-state index in [2.05, 4.69) is 35.4 Å². The minimum absolute atomic E-state index is 0.265. The van der Waals surface area contributed by atoms with Crippen LogP contribution in [0.4, 0.5) is 0 Å². The minimum atomic E-state index is -0.931. The Hall–Kier alpha value is -3.09. The van der Waals surface area contributed by atoms with E-state index in [9.17, 15) is 4.79 Å². The number of hydrogen-bond donors (Lipinski definition) is 1. The van der Waals surface area contributed by atoms with Gasteiger partial charge in [-0.05, 0) is 59.0 Å². The van der Waals surface area contributed by atoms with E-state index in [0.29, 0.717) is 0 Å². The number of carbonyl (C=O) groups is 1. The Labute approximate surface area is 144 Å². The lowest BCUT2D eigenvalue weighted by Gasteiger charge is -2.02. The fourth-order valence-electron chi connectivity index (χ4n) is 2.25. The molecule has 1 aromatic heterocycles. The molecule has 0 aliphatic rings. The second-order valence-corrected chi connectivity index (χ2v) is 6.00. The Balaban J connectivity index is 1.77. The average molecular weight is 330 g/mol. The molecule has 0 saturated carbocycles. The molecule has 0 aliphatic heterocycles. The van der Waals surface area contributed by atoms with Crippen LogP contribution >= 0.6 is 11.3 Å². The first-order chi connectivity index (χ1) is 11.7. The summed E-state index contributed by atoms with van der Waals surface area (Å²) in [5.41, 5.74) is 3.36. The molecular weight excluding hydrogens is 316 g/mol. The Bertz CT molecular complexity index is 924. The summed E-state index contributed by atoms with van der Waals surface area (Å²) >= 11 is 1.71. The standard InChI is InChI=1S/C21H14O2S/c22-21(23)18-13-11-16(12-14-18)6-1-2-7-17-8-3-4-9-19(17)20-10-5-15-24-20/h2-5,7-15H,(H,22,23). The predicted molar refractivity (Wildman–Crippen MR) is 99.1 cm³/mol. The first-order valence-corrected chi connectivity index (χ1v) is 8.26. The van der Waals surface area contributed by atoms with E-state index in [1.807, 2.05) is 30.4 Å². The highest BCUT2D eigenvalue weighted by molar-refractivity contribution is 7.13. The van der Waals surface area contributed by atoms with E-state index in [1.54, 1.807) is 35.6 Å². The van der Waals surface area contributed by atoms with Crippen LogP contribution in [0.5, 0.6) is 0 Å². The number of thiophene rings is 1.